The smallest absolute Gasteiger partial charge is 0.240 e. The number of sulfonamides is 1. The summed E-state index contributed by atoms with van der Waals surface area (Å²) in [4.78, 5) is 2.47. The van der Waals surface area contributed by atoms with Crippen molar-refractivity contribution in [3.05, 3.63) is 29.8 Å². The number of benzene rings is 1. The molecule has 1 fully saturated rings. The van der Waals surface area contributed by atoms with Crippen molar-refractivity contribution in [1.29, 1.82) is 0 Å². The van der Waals surface area contributed by atoms with Gasteiger partial charge in [-0.3, -0.25) is 0 Å². The SMILES string of the molecule is CCNCc1ccc(S(=O)(=O)NC2CCN(C)C2)cc1. The number of likely N-dealkylation sites (N-methyl/N-ethyl adjacent to an activating group) is 1. The lowest BCUT2D eigenvalue weighted by molar-refractivity contribution is 0.407. The predicted octanol–water partition coefficient (Wildman–Crippen LogP) is 0.779. The fraction of sp³-hybridized carbons (Fsp3) is 0.571. The summed E-state index contributed by atoms with van der Waals surface area (Å²) in [6, 6.07) is 7.09. The molecule has 2 N–H and O–H groups in total. The maximum atomic E-state index is 12.3. The highest BCUT2D eigenvalue weighted by Gasteiger charge is 2.25. The molecule has 1 aliphatic heterocycles. The first-order chi connectivity index (χ1) is 9.51. The van der Waals surface area contributed by atoms with Gasteiger partial charge in [-0.05, 0) is 44.3 Å². The number of likely N-dealkylation sites (tertiary alicyclic amines) is 1. The maximum absolute atomic E-state index is 12.3. The summed E-state index contributed by atoms with van der Waals surface area (Å²) >= 11 is 0. The van der Waals surface area contributed by atoms with Gasteiger partial charge in [-0.2, -0.15) is 0 Å². The molecular formula is C14H23N3O2S. The highest BCUT2D eigenvalue weighted by atomic mass is 32.2. The Morgan fingerprint density at radius 3 is 2.55 bits per heavy atom. The normalized spacial score (nSPS) is 20.4. The van der Waals surface area contributed by atoms with E-state index in [4.69, 9.17) is 0 Å². The van der Waals surface area contributed by atoms with Gasteiger partial charge in [0.1, 0.15) is 0 Å². The molecule has 0 saturated carbocycles. The molecule has 20 heavy (non-hydrogen) atoms. The first-order valence-electron chi connectivity index (χ1n) is 7.02. The minimum atomic E-state index is -3.40. The van der Waals surface area contributed by atoms with Crippen LogP contribution in [0.1, 0.15) is 18.9 Å². The molecule has 0 bridgehead atoms. The van der Waals surface area contributed by atoms with Crippen molar-refractivity contribution in [3.8, 4) is 0 Å². The summed E-state index contributed by atoms with van der Waals surface area (Å²) in [5.41, 5.74) is 1.09. The standard InChI is InChI=1S/C14H23N3O2S/c1-3-15-10-12-4-6-14(7-5-12)20(18,19)16-13-8-9-17(2)11-13/h4-7,13,15-16H,3,8-11H2,1-2H3. The largest absolute Gasteiger partial charge is 0.313 e. The van der Waals surface area contributed by atoms with Crippen LogP contribution in [0.15, 0.2) is 29.2 Å². The molecule has 112 valence electrons. The minimum Gasteiger partial charge on any atom is -0.313 e. The molecule has 1 aliphatic rings. The van der Waals surface area contributed by atoms with Gasteiger partial charge in [-0.1, -0.05) is 19.1 Å². The maximum Gasteiger partial charge on any atom is 0.240 e. The van der Waals surface area contributed by atoms with E-state index >= 15 is 0 Å². The van der Waals surface area contributed by atoms with Crippen molar-refractivity contribution < 1.29 is 8.42 Å². The van der Waals surface area contributed by atoms with Gasteiger partial charge in [0.05, 0.1) is 4.90 Å². The fourth-order valence-corrected chi connectivity index (χ4v) is 3.64. The topological polar surface area (TPSA) is 61.4 Å². The van der Waals surface area contributed by atoms with Crippen molar-refractivity contribution in [3.63, 3.8) is 0 Å². The lowest BCUT2D eigenvalue weighted by atomic mass is 10.2. The monoisotopic (exact) mass is 297 g/mol. The first kappa shape index (κ1) is 15.4. The third-order valence-corrected chi connectivity index (χ3v) is 5.06. The van der Waals surface area contributed by atoms with Crippen LogP contribution in [0, 0.1) is 0 Å². The Bertz CT molecular complexity index is 528. The van der Waals surface area contributed by atoms with Gasteiger partial charge in [-0.15, -0.1) is 0 Å². The molecule has 1 aromatic rings. The van der Waals surface area contributed by atoms with Crippen LogP contribution in [0.25, 0.3) is 0 Å². The van der Waals surface area contributed by atoms with E-state index in [0.29, 0.717) is 4.90 Å². The fourth-order valence-electron chi connectivity index (χ4n) is 2.37. The molecule has 1 atom stereocenters. The van der Waals surface area contributed by atoms with E-state index in [0.717, 1.165) is 38.2 Å². The van der Waals surface area contributed by atoms with Crippen molar-refractivity contribution in [2.24, 2.45) is 0 Å². The molecule has 1 unspecified atom stereocenters. The van der Waals surface area contributed by atoms with Gasteiger partial charge in [0, 0.05) is 19.1 Å². The first-order valence-corrected chi connectivity index (χ1v) is 8.50. The second-order valence-corrected chi connectivity index (χ2v) is 7.01. The van der Waals surface area contributed by atoms with E-state index in [1.807, 2.05) is 26.1 Å². The van der Waals surface area contributed by atoms with Crippen molar-refractivity contribution in [1.82, 2.24) is 14.9 Å². The Labute approximate surface area is 121 Å². The minimum absolute atomic E-state index is 0.0198. The van der Waals surface area contributed by atoms with Crippen molar-refractivity contribution in [2.75, 3.05) is 26.7 Å². The molecule has 0 aromatic heterocycles. The third-order valence-electron chi connectivity index (χ3n) is 3.53. The summed E-state index contributed by atoms with van der Waals surface area (Å²) in [5.74, 6) is 0. The van der Waals surface area contributed by atoms with Gasteiger partial charge in [0.25, 0.3) is 0 Å². The van der Waals surface area contributed by atoms with Crippen molar-refractivity contribution in [2.45, 2.75) is 30.8 Å². The second-order valence-electron chi connectivity index (χ2n) is 5.29. The Morgan fingerprint density at radius 2 is 2.00 bits per heavy atom. The zero-order valence-corrected chi connectivity index (χ0v) is 12.9. The van der Waals surface area contributed by atoms with E-state index < -0.39 is 10.0 Å². The Kier molecular flexibility index (Phi) is 5.15. The summed E-state index contributed by atoms with van der Waals surface area (Å²) in [7, 11) is -1.40. The van der Waals surface area contributed by atoms with Gasteiger partial charge >= 0.3 is 0 Å². The van der Waals surface area contributed by atoms with E-state index in [2.05, 4.69) is 14.9 Å². The average molecular weight is 297 g/mol. The van der Waals surface area contributed by atoms with Crippen LogP contribution in [0.2, 0.25) is 0 Å². The molecule has 1 heterocycles. The molecule has 1 aromatic carbocycles. The van der Waals surface area contributed by atoms with Crippen LogP contribution in [0.5, 0.6) is 0 Å². The third kappa shape index (κ3) is 4.02. The number of hydrogen-bond donors (Lipinski definition) is 2. The highest BCUT2D eigenvalue weighted by molar-refractivity contribution is 7.89. The van der Waals surface area contributed by atoms with E-state index in [9.17, 15) is 8.42 Å². The summed E-state index contributed by atoms with van der Waals surface area (Å²) in [6.45, 7) is 5.42. The molecule has 1 saturated heterocycles. The Morgan fingerprint density at radius 1 is 1.30 bits per heavy atom. The molecule has 5 nitrogen and oxygen atoms in total. The number of nitrogens with one attached hydrogen (secondary N) is 2. The van der Waals surface area contributed by atoms with E-state index in [1.54, 1.807) is 12.1 Å². The van der Waals surface area contributed by atoms with Gasteiger partial charge < -0.3 is 10.2 Å². The lowest BCUT2D eigenvalue weighted by Gasteiger charge is -2.13. The van der Waals surface area contributed by atoms with Crippen LogP contribution >= 0.6 is 0 Å². The van der Waals surface area contributed by atoms with Gasteiger partial charge in [0.15, 0.2) is 0 Å². The predicted molar refractivity (Wildman–Crippen MR) is 80.0 cm³/mol. The zero-order valence-electron chi connectivity index (χ0n) is 12.1. The van der Waals surface area contributed by atoms with Crippen LogP contribution in [0.4, 0.5) is 0 Å². The van der Waals surface area contributed by atoms with Crippen LogP contribution in [0.3, 0.4) is 0 Å². The number of hydrogen-bond acceptors (Lipinski definition) is 4. The van der Waals surface area contributed by atoms with Crippen LogP contribution < -0.4 is 10.0 Å². The quantitative estimate of drug-likeness (QED) is 0.814. The molecule has 2 rings (SSSR count). The van der Waals surface area contributed by atoms with Gasteiger partial charge in [-0.25, -0.2) is 13.1 Å². The lowest BCUT2D eigenvalue weighted by Crippen LogP contribution is -2.36. The number of nitrogens with zero attached hydrogens (tertiary/aromatic N) is 1. The molecule has 0 spiro atoms. The molecule has 0 amide bonds. The summed E-state index contributed by atoms with van der Waals surface area (Å²) in [5, 5.41) is 3.22. The molecule has 0 aliphatic carbocycles. The Hall–Kier alpha value is -0.950. The number of rotatable bonds is 6. The van der Waals surface area contributed by atoms with Crippen LogP contribution in [-0.4, -0.2) is 46.0 Å². The Balaban J connectivity index is 2.01. The van der Waals surface area contributed by atoms with Crippen LogP contribution in [-0.2, 0) is 16.6 Å². The average Bonchev–Trinajstić information content (AvgIpc) is 2.81. The zero-order chi connectivity index (χ0) is 14.6. The summed E-state index contributed by atoms with van der Waals surface area (Å²) < 4.78 is 27.3. The van der Waals surface area contributed by atoms with Crippen molar-refractivity contribution >= 4 is 10.0 Å². The molecule has 6 heteroatoms. The second kappa shape index (κ2) is 6.67. The van der Waals surface area contributed by atoms with E-state index in [1.165, 1.54) is 0 Å². The molecule has 0 radical (unpaired) electrons. The molecular weight excluding hydrogens is 274 g/mol. The summed E-state index contributed by atoms with van der Waals surface area (Å²) in [6.07, 6.45) is 0.869. The van der Waals surface area contributed by atoms with E-state index in [-0.39, 0.29) is 6.04 Å². The highest BCUT2D eigenvalue weighted by Crippen LogP contribution is 2.14. The van der Waals surface area contributed by atoms with Gasteiger partial charge in [0.2, 0.25) is 10.0 Å².